The minimum absolute atomic E-state index is 0.164. The van der Waals surface area contributed by atoms with Crippen molar-refractivity contribution >= 4 is 23.5 Å². The number of ether oxygens (including phenoxy) is 1. The molecule has 0 aromatic heterocycles. The number of rotatable bonds is 5. The zero-order valence-corrected chi connectivity index (χ0v) is 12.9. The van der Waals surface area contributed by atoms with Crippen molar-refractivity contribution in [3.8, 4) is 0 Å². The number of benzene rings is 1. The van der Waals surface area contributed by atoms with Crippen molar-refractivity contribution in [3.05, 3.63) is 35.9 Å². The highest BCUT2D eigenvalue weighted by molar-refractivity contribution is 7.78. The number of aliphatic imine (C=N–C) groups is 1. The zero-order chi connectivity index (χ0) is 15.0. The number of hydrogen-bond donors (Lipinski definition) is 1. The van der Waals surface area contributed by atoms with Gasteiger partial charge in [0.05, 0.1) is 17.7 Å². The van der Waals surface area contributed by atoms with Crippen LogP contribution in [0, 0.1) is 0 Å². The monoisotopic (exact) mass is 292 g/mol. The molecule has 0 aliphatic heterocycles. The van der Waals surface area contributed by atoms with Crippen LogP contribution in [0.3, 0.4) is 0 Å². The third-order valence-electron chi connectivity index (χ3n) is 2.42. The molecule has 20 heavy (non-hydrogen) atoms. The quantitative estimate of drug-likeness (QED) is 0.669. The van der Waals surface area contributed by atoms with Gasteiger partial charge >= 0.3 is 6.09 Å². The summed E-state index contributed by atoms with van der Waals surface area (Å²) in [6, 6.07) is 9.72. The van der Waals surface area contributed by atoms with Crippen LogP contribution in [0.1, 0.15) is 26.3 Å². The van der Waals surface area contributed by atoms with Gasteiger partial charge in [-0.2, -0.15) is 0 Å². The van der Waals surface area contributed by atoms with Gasteiger partial charge in [-0.15, -0.1) is 0 Å². The van der Waals surface area contributed by atoms with E-state index in [0.29, 0.717) is 13.0 Å². The van der Waals surface area contributed by atoms with Crippen LogP contribution >= 0.6 is 12.2 Å². The molecule has 0 radical (unpaired) electrons. The Morgan fingerprint density at radius 2 is 2.05 bits per heavy atom. The minimum atomic E-state index is -0.519. The molecule has 0 aliphatic carbocycles. The van der Waals surface area contributed by atoms with E-state index in [9.17, 15) is 4.79 Å². The minimum Gasteiger partial charge on any atom is -0.444 e. The summed E-state index contributed by atoms with van der Waals surface area (Å²) >= 11 is 4.58. The molecule has 0 aliphatic rings. The fourth-order valence-electron chi connectivity index (χ4n) is 1.68. The first kappa shape index (κ1) is 16.3. The number of alkyl carbamates (subject to hydrolysis) is 1. The Kier molecular flexibility index (Phi) is 6.36. The third kappa shape index (κ3) is 7.02. The summed E-state index contributed by atoms with van der Waals surface area (Å²) in [6.45, 7) is 5.87. The molecule has 0 fully saturated rings. The Hall–Kier alpha value is -1.71. The molecule has 1 aromatic carbocycles. The van der Waals surface area contributed by atoms with E-state index in [1.807, 2.05) is 51.1 Å². The van der Waals surface area contributed by atoms with Crippen molar-refractivity contribution in [3.63, 3.8) is 0 Å². The number of hydrogen-bond acceptors (Lipinski definition) is 4. The smallest absolute Gasteiger partial charge is 0.407 e. The molecule has 108 valence electrons. The molecule has 0 saturated carbocycles. The lowest BCUT2D eigenvalue weighted by Gasteiger charge is -2.22. The standard InChI is InChI=1S/C15H20N2O2S/c1-15(2,3)19-14(18)17-13(10-16-11-20)9-12-7-5-4-6-8-12/h4-8,13H,9-10H2,1-3H3,(H,17,18)/t13-/m0/s1. The van der Waals surface area contributed by atoms with Crippen LogP contribution in [-0.2, 0) is 11.2 Å². The third-order valence-corrected chi connectivity index (χ3v) is 2.55. The number of carbonyl (C=O) groups is 1. The van der Waals surface area contributed by atoms with E-state index in [4.69, 9.17) is 4.74 Å². The van der Waals surface area contributed by atoms with Crippen molar-refractivity contribution in [2.45, 2.75) is 38.8 Å². The second kappa shape index (κ2) is 7.78. The first-order valence-corrected chi connectivity index (χ1v) is 6.88. The number of carbonyl (C=O) groups excluding carboxylic acids is 1. The lowest BCUT2D eigenvalue weighted by atomic mass is 10.1. The molecule has 0 saturated heterocycles. The van der Waals surface area contributed by atoms with Crippen LogP contribution in [0.5, 0.6) is 0 Å². The highest BCUT2D eigenvalue weighted by Crippen LogP contribution is 2.08. The normalized spacial score (nSPS) is 12.2. The molecule has 1 aromatic rings. The van der Waals surface area contributed by atoms with Gasteiger partial charge in [-0.05, 0) is 45.0 Å². The molecule has 0 heterocycles. The molecule has 1 amide bonds. The lowest BCUT2D eigenvalue weighted by Crippen LogP contribution is -2.41. The van der Waals surface area contributed by atoms with Crippen LogP contribution < -0.4 is 5.32 Å². The molecular weight excluding hydrogens is 272 g/mol. The zero-order valence-electron chi connectivity index (χ0n) is 12.1. The Balaban J connectivity index is 2.64. The van der Waals surface area contributed by atoms with E-state index in [1.54, 1.807) is 0 Å². The summed E-state index contributed by atoms with van der Waals surface area (Å²) in [7, 11) is 0. The van der Waals surface area contributed by atoms with E-state index >= 15 is 0 Å². The number of nitrogens with one attached hydrogen (secondary N) is 1. The summed E-state index contributed by atoms with van der Waals surface area (Å²) in [5.74, 6) is 0. The van der Waals surface area contributed by atoms with E-state index in [2.05, 4.69) is 27.7 Å². The topological polar surface area (TPSA) is 50.7 Å². The van der Waals surface area contributed by atoms with Crippen LogP contribution in [0.2, 0.25) is 0 Å². The van der Waals surface area contributed by atoms with Gasteiger partial charge in [0.25, 0.3) is 0 Å². The second-order valence-corrected chi connectivity index (χ2v) is 5.65. The number of thiocarbonyl (C=S) groups is 1. The van der Waals surface area contributed by atoms with E-state index in [-0.39, 0.29) is 6.04 Å². The van der Waals surface area contributed by atoms with Crippen molar-refractivity contribution in [1.82, 2.24) is 5.32 Å². The lowest BCUT2D eigenvalue weighted by molar-refractivity contribution is 0.0506. The van der Waals surface area contributed by atoms with Gasteiger partial charge in [0.2, 0.25) is 0 Å². The summed E-state index contributed by atoms with van der Waals surface area (Å²) in [4.78, 5) is 15.7. The average molecular weight is 292 g/mol. The predicted octanol–water partition coefficient (Wildman–Crippen LogP) is 3.23. The fraction of sp³-hybridized carbons (Fsp3) is 0.467. The summed E-state index contributed by atoms with van der Waals surface area (Å²) in [6.07, 6.45) is 0.221. The maximum absolute atomic E-state index is 11.8. The first-order valence-electron chi connectivity index (χ1n) is 6.48. The van der Waals surface area contributed by atoms with Crippen LogP contribution in [0.4, 0.5) is 4.79 Å². The molecule has 5 heteroatoms. The largest absolute Gasteiger partial charge is 0.444 e. The molecule has 1 atom stereocenters. The van der Waals surface area contributed by atoms with Crippen molar-refractivity contribution in [2.75, 3.05) is 6.54 Å². The van der Waals surface area contributed by atoms with Crippen LogP contribution in [0.25, 0.3) is 0 Å². The van der Waals surface area contributed by atoms with Crippen molar-refractivity contribution in [2.24, 2.45) is 4.99 Å². The Bertz CT molecular complexity index is 476. The number of isothiocyanates is 1. The summed E-state index contributed by atoms with van der Waals surface area (Å²) < 4.78 is 5.25. The molecule has 4 nitrogen and oxygen atoms in total. The van der Waals surface area contributed by atoms with Crippen molar-refractivity contribution < 1.29 is 9.53 Å². The number of amides is 1. The maximum Gasteiger partial charge on any atom is 0.407 e. The highest BCUT2D eigenvalue weighted by Gasteiger charge is 2.19. The van der Waals surface area contributed by atoms with Crippen molar-refractivity contribution in [1.29, 1.82) is 0 Å². The van der Waals surface area contributed by atoms with Gasteiger partial charge in [0.15, 0.2) is 0 Å². The van der Waals surface area contributed by atoms with Crippen LogP contribution in [0.15, 0.2) is 35.3 Å². The maximum atomic E-state index is 11.8. The highest BCUT2D eigenvalue weighted by atomic mass is 32.1. The van der Waals surface area contributed by atoms with Gasteiger partial charge < -0.3 is 10.1 Å². The van der Waals surface area contributed by atoms with Crippen LogP contribution in [-0.4, -0.2) is 29.4 Å². The van der Waals surface area contributed by atoms with E-state index in [0.717, 1.165) is 5.56 Å². The molecule has 0 unspecified atom stereocenters. The van der Waals surface area contributed by atoms with Gasteiger partial charge in [0.1, 0.15) is 5.60 Å². The fourth-order valence-corrected chi connectivity index (χ4v) is 1.76. The van der Waals surface area contributed by atoms with Gasteiger partial charge in [-0.3, -0.25) is 0 Å². The Morgan fingerprint density at radius 1 is 1.40 bits per heavy atom. The second-order valence-electron chi connectivity index (χ2n) is 5.46. The average Bonchev–Trinajstić information content (AvgIpc) is 2.35. The van der Waals surface area contributed by atoms with E-state index in [1.165, 1.54) is 0 Å². The molecule has 0 bridgehead atoms. The molecule has 1 rings (SSSR count). The molecule has 1 N–H and O–H groups in total. The van der Waals surface area contributed by atoms with Gasteiger partial charge in [-0.1, -0.05) is 30.3 Å². The first-order chi connectivity index (χ1) is 9.40. The Labute approximate surface area is 125 Å². The predicted molar refractivity (Wildman–Crippen MR) is 83.2 cm³/mol. The van der Waals surface area contributed by atoms with E-state index < -0.39 is 11.7 Å². The van der Waals surface area contributed by atoms with Gasteiger partial charge in [0, 0.05) is 0 Å². The molecular formula is C15H20N2O2S. The SMILES string of the molecule is CC(C)(C)OC(=O)N[C@H](CN=C=S)Cc1ccccc1. The number of nitrogens with zero attached hydrogens (tertiary/aromatic N) is 1. The summed E-state index contributed by atoms with van der Waals surface area (Å²) in [5, 5.41) is 5.14. The summed E-state index contributed by atoms with van der Waals surface area (Å²) in [5.41, 5.74) is 0.600. The van der Waals surface area contributed by atoms with Gasteiger partial charge in [-0.25, -0.2) is 9.79 Å². The Morgan fingerprint density at radius 3 is 2.60 bits per heavy atom. The molecule has 0 spiro atoms.